The zero-order valence-electron chi connectivity index (χ0n) is 12.4. The quantitative estimate of drug-likeness (QED) is 0.613. The Morgan fingerprint density at radius 3 is 2.64 bits per heavy atom. The molecule has 0 bridgehead atoms. The van der Waals surface area contributed by atoms with Crippen LogP contribution in [0.3, 0.4) is 0 Å². The number of carboxylic acid groups (broad SMARTS) is 1. The lowest BCUT2D eigenvalue weighted by Crippen LogP contribution is -2.52. The first-order valence-electron chi connectivity index (χ1n) is 6.95. The largest absolute Gasteiger partial charge is 0.479 e. The second-order valence-corrected chi connectivity index (χ2v) is 9.25. The van der Waals surface area contributed by atoms with E-state index < -0.39 is 22.2 Å². The van der Waals surface area contributed by atoms with Crippen LogP contribution in [0.1, 0.15) is 5.56 Å². The molecule has 2 N–H and O–H groups in total. The molecule has 0 aliphatic carbocycles. The van der Waals surface area contributed by atoms with Crippen LogP contribution >= 0.6 is 45.8 Å². The first kappa shape index (κ1) is 18.7. The molecule has 10 heteroatoms. The Balaban J connectivity index is 2.13. The average molecular weight is 513 g/mol. The van der Waals surface area contributed by atoms with Gasteiger partial charge in [0.1, 0.15) is 4.90 Å². The summed E-state index contributed by atoms with van der Waals surface area (Å²) in [6.45, 7) is -0.110. The lowest BCUT2D eigenvalue weighted by molar-refractivity contribution is -0.140. The standard InChI is InChI=1S/C15H11Cl2IN2O4S/c16-9-5-11(17)13-12(6-9)19-14(15(21)22)20(25(13,23)24)7-8-2-1-3-10(18)4-8/h1-6,14,19H,7H2,(H,21,22). The average Bonchev–Trinajstić information content (AvgIpc) is 2.48. The van der Waals surface area contributed by atoms with Crippen molar-refractivity contribution in [1.82, 2.24) is 4.31 Å². The molecule has 2 aromatic carbocycles. The highest BCUT2D eigenvalue weighted by molar-refractivity contribution is 14.1. The number of hydrogen-bond acceptors (Lipinski definition) is 4. The number of halogens is 3. The minimum absolute atomic E-state index is 0.0634. The van der Waals surface area contributed by atoms with Gasteiger partial charge in [-0.15, -0.1) is 0 Å². The molecule has 1 heterocycles. The van der Waals surface area contributed by atoms with Crippen molar-refractivity contribution in [3.8, 4) is 0 Å². The summed E-state index contributed by atoms with van der Waals surface area (Å²) in [7, 11) is -4.14. The minimum atomic E-state index is -4.14. The maximum atomic E-state index is 13.0. The normalized spacial score (nSPS) is 19.1. The van der Waals surface area contributed by atoms with E-state index in [1.54, 1.807) is 18.2 Å². The van der Waals surface area contributed by atoms with Crippen molar-refractivity contribution in [2.45, 2.75) is 17.6 Å². The molecule has 1 aliphatic rings. The lowest BCUT2D eigenvalue weighted by Gasteiger charge is -2.35. The SMILES string of the molecule is O=C(O)C1Nc2cc(Cl)cc(Cl)c2S(=O)(=O)N1Cc1cccc(I)c1. The first-order valence-corrected chi connectivity index (χ1v) is 10.2. The highest BCUT2D eigenvalue weighted by atomic mass is 127. The summed E-state index contributed by atoms with van der Waals surface area (Å²) in [6.07, 6.45) is -1.47. The van der Waals surface area contributed by atoms with Gasteiger partial charge in [0.15, 0.2) is 6.17 Å². The molecule has 1 atom stereocenters. The van der Waals surface area contributed by atoms with Crippen molar-refractivity contribution in [3.63, 3.8) is 0 Å². The van der Waals surface area contributed by atoms with E-state index in [1.807, 2.05) is 6.07 Å². The zero-order valence-corrected chi connectivity index (χ0v) is 16.9. The predicted octanol–water partition coefficient (Wildman–Crippen LogP) is 3.63. The number of nitrogens with zero attached hydrogens (tertiary/aromatic N) is 1. The molecule has 6 nitrogen and oxygen atoms in total. The van der Waals surface area contributed by atoms with Crippen LogP contribution in [-0.2, 0) is 21.4 Å². The number of carboxylic acids is 1. The smallest absolute Gasteiger partial charge is 0.342 e. The molecule has 0 saturated carbocycles. The molecule has 0 fully saturated rings. The van der Waals surface area contributed by atoms with E-state index in [9.17, 15) is 18.3 Å². The van der Waals surface area contributed by atoms with Crippen LogP contribution in [0.5, 0.6) is 0 Å². The van der Waals surface area contributed by atoms with Crippen LogP contribution in [0.4, 0.5) is 5.69 Å². The van der Waals surface area contributed by atoms with Gasteiger partial charge in [0, 0.05) is 15.1 Å². The number of benzene rings is 2. The second-order valence-electron chi connectivity index (χ2n) is 5.33. The Hall–Kier alpha value is -1.07. The van der Waals surface area contributed by atoms with Gasteiger partial charge in [-0.2, -0.15) is 4.31 Å². The summed E-state index contributed by atoms with van der Waals surface area (Å²) in [6, 6.07) is 9.81. The zero-order chi connectivity index (χ0) is 18.4. The molecule has 0 aromatic heterocycles. The van der Waals surface area contributed by atoms with Crippen LogP contribution in [-0.4, -0.2) is 30.0 Å². The number of nitrogens with one attached hydrogen (secondary N) is 1. The fourth-order valence-electron chi connectivity index (χ4n) is 2.58. The van der Waals surface area contributed by atoms with Gasteiger partial charge >= 0.3 is 5.97 Å². The van der Waals surface area contributed by atoms with Crippen molar-refractivity contribution in [1.29, 1.82) is 0 Å². The maximum Gasteiger partial charge on any atom is 0.342 e. The molecule has 2 aromatic rings. The summed E-state index contributed by atoms with van der Waals surface area (Å²) in [5.74, 6) is -1.32. The topological polar surface area (TPSA) is 86.7 Å². The van der Waals surface area contributed by atoms with Crippen LogP contribution in [0, 0.1) is 3.57 Å². The van der Waals surface area contributed by atoms with E-state index in [1.165, 1.54) is 12.1 Å². The van der Waals surface area contributed by atoms with Crippen molar-refractivity contribution < 1.29 is 18.3 Å². The van der Waals surface area contributed by atoms with Gasteiger partial charge in [0.25, 0.3) is 0 Å². The second kappa shape index (κ2) is 6.92. The third-order valence-corrected chi connectivity index (χ3v) is 6.83. The Kier molecular flexibility index (Phi) is 5.18. The molecule has 3 rings (SSSR count). The molecular formula is C15H11Cl2IN2O4S. The Morgan fingerprint density at radius 2 is 2.00 bits per heavy atom. The van der Waals surface area contributed by atoms with Gasteiger partial charge in [-0.3, -0.25) is 0 Å². The van der Waals surface area contributed by atoms with Crippen molar-refractivity contribution in [2.75, 3.05) is 5.32 Å². The third kappa shape index (κ3) is 3.59. The van der Waals surface area contributed by atoms with Gasteiger partial charge < -0.3 is 10.4 Å². The van der Waals surface area contributed by atoms with E-state index in [4.69, 9.17) is 23.2 Å². The van der Waals surface area contributed by atoms with E-state index in [0.717, 1.165) is 7.88 Å². The summed E-state index contributed by atoms with van der Waals surface area (Å²) >= 11 is 14.1. The lowest BCUT2D eigenvalue weighted by atomic mass is 10.2. The van der Waals surface area contributed by atoms with Crippen molar-refractivity contribution in [2.24, 2.45) is 0 Å². The van der Waals surface area contributed by atoms with E-state index in [0.29, 0.717) is 5.56 Å². The maximum absolute atomic E-state index is 13.0. The highest BCUT2D eigenvalue weighted by Crippen LogP contribution is 2.39. The number of anilines is 1. The van der Waals surface area contributed by atoms with Crippen molar-refractivity contribution in [3.05, 3.63) is 55.6 Å². The molecule has 0 spiro atoms. The molecule has 1 unspecified atom stereocenters. The van der Waals surface area contributed by atoms with Gasteiger partial charge in [0.2, 0.25) is 10.0 Å². The van der Waals surface area contributed by atoms with Gasteiger partial charge in [-0.25, -0.2) is 13.2 Å². The molecular weight excluding hydrogens is 502 g/mol. The first-order chi connectivity index (χ1) is 11.7. The summed E-state index contributed by atoms with van der Waals surface area (Å²) < 4.78 is 27.9. The van der Waals surface area contributed by atoms with Gasteiger partial charge in [-0.1, -0.05) is 35.3 Å². The number of rotatable bonds is 3. The van der Waals surface area contributed by atoms with Crippen LogP contribution in [0.15, 0.2) is 41.3 Å². The number of carbonyl (C=O) groups is 1. The summed E-state index contributed by atoms with van der Waals surface area (Å²) in [5, 5.41) is 12.3. The predicted molar refractivity (Wildman–Crippen MR) is 103 cm³/mol. The van der Waals surface area contributed by atoms with Crippen molar-refractivity contribution >= 4 is 67.5 Å². The number of hydrogen-bond donors (Lipinski definition) is 2. The minimum Gasteiger partial charge on any atom is -0.479 e. The molecule has 0 radical (unpaired) electrons. The fourth-order valence-corrected chi connectivity index (χ4v) is 5.65. The number of fused-ring (bicyclic) bond motifs is 1. The summed E-state index contributed by atoms with van der Waals surface area (Å²) in [4.78, 5) is 11.5. The Labute approximate surface area is 167 Å². The van der Waals surface area contributed by atoms with Gasteiger partial charge in [-0.05, 0) is 52.4 Å². The van der Waals surface area contributed by atoms with Crippen LogP contribution < -0.4 is 5.32 Å². The molecule has 25 heavy (non-hydrogen) atoms. The fraction of sp³-hybridized carbons (Fsp3) is 0.133. The highest BCUT2D eigenvalue weighted by Gasteiger charge is 2.43. The monoisotopic (exact) mass is 512 g/mol. The molecule has 0 saturated heterocycles. The van der Waals surface area contributed by atoms with E-state index in [2.05, 4.69) is 27.9 Å². The number of aliphatic carboxylic acids is 1. The third-order valence-electron chi connectivity index (χ3n) is 3.62. The Morgan fingerprint density at radius 1 is 1.28 bits per heavy atom. The van der Waals surface area contributed by atoms with Crippen LogP contribution in [0.2, 0.25) is 10.0 Å². The Bertz CT molecular complexity index is 968. The van der Waals surface area contributed by atoms with E-state index >= 15 is 0 Å². The molecule has 0 amide bonds. The molecule has 132 valence electrons. The van der Waals surface area contributed by atoms with E-state index in [-0.39, 0.29) is 27.2 Å². The summed E-state index contributed by atoms with van der Waals surface area (Å²) in [5.41, 5.74) is 0.737. The van der Waals surface area contributed by atoms with Gasteiger partial charge in [0.05, 0.1) is 10.7 Å². The number of sulfonamides is 1. The molecule has 1 aliphatic heterocycles. The van der Waals surface area contributed by atoms with Crippen LogP contribution in [0.25, 0.3) is 0 Å².